The number of carbonyl (C=O) groups is 2. The first-order valence-corrected chi connectivity index (χ1v) is 8.79. The van der Waals surface area contributed by atoms with Gasteiger partial charge in [0.15, 0.2) is 6.61 Å². The summed E-state index contributed by atoms with van der Waals surface area (Å²) in [6.07, 6.45) is 0. The maximum Gasteiger partial charge on any atom is 0.343 e. The minimum atomic E-state index is -0.667. The van der Waals surface area contributed by atoms with Crippen LogP contribution in [-0.4, -0.2) is 35.3 Å². The number of ether oxygens (including phenoxy) is 2. The summed E-state index contributed by atoms with van der Waals surface area (Å²) < 4.78 is 11.1. The molecule has 0 fully saturated rings. The zero-order valence-electron chi connectivity index (χ0n) is 16.0. The van der Waals surface area contributed by atoms with E-state index in [2.05, 4.69) is 10.1 Å². The van der Waals surface area contributed by atoms with E-state index in [0.29, 0.717) is 16.7 Å². The van der Waals surface area contributed by atoms with Crippen molar-refractivity contribution in [1.29, 1.82) is 0 Å². The van der Waals surface area contributed by atoms with Gasteiger partial charge in [0.25, 0.3) is 11.5 Å². The lowest BCUT2D eigenvalue weighted by molar-refractivity contribution is -0.142. The smallest absolute Gasteiger partial charge is 0.343 e. The summed E-state index contributed by atoms with van der Waals surface area (Å²) in [6.45, 7) is -0.0529. The van der Waals surface area contributed by atoms with E-state index in [1.165, 1.54) is 11.7 Å². The number of fused-ring (bicyclic) bond motifs is 1. The van der Waals surface area contributed by atoms with Gasteiger partial charge in [-0.15, -0.1) is 0 Å². The number of hydrogen-bond acceptors (Lipinski definition) is 6. The van der Waals surface area contributed by atoms with Crippen LogP contribution in [-0.2, 0) is 23.1 Å². The molecule has 0 saturated heterocycles. The normalized spacial score (nSPS) is 10.6. The SMILES string of the molecule is COC(=O)COc1ccc(CNC(=O)c2c(O)c3ccccc3n(C)c2=O)cc1. The van der Waals surface area contributed by atoms with Crippen LogP contribution in [0.5, 0.6) is 11.5 Å². The third kappa shape index (κ3) is 4.21. The third-order valence-corrected chi connectivity index (χ3v) is 4.46. The van der Waals surface area contributed by atoms with Crippen molar-refractivity contribution in [3.63, 3.8) is 0 Å². The van der Waals surface area contributed by atoms with Gasteiger partial charge in [-0.05, 0) is 29.8 Å². The Morgan fingerprint density at radius 1 is 1.10 bits per heavy atom. The number of methoxy groups -OCH3 is 1. The topological polar surface area (TPSA) is 107 Å². The van der Waals surface area contributed by atoms with E-state index in [4.69, 9.17) is 4.74 Å². The second kappa shape index (κ2) is 8.47. The lowest BCUT2D eigenvalue weighted by Gasteiger charge is -2.12. The molecule has 2 aromatic carbocycles. The Balaban J connectivity index is 1.73. The van der Waals surface area contributed by atoms with Crippen molar-refractivity contribution in [2.24, 2.45) is 7.05 Å². The van der Waals surface area contributed by atoms with E-state index >= 15 is 0 Å². The molecule has 0 atom stereocenters. The number of aromatic nitrogens is 1. The molecule has 8 heteroatoms. The van der Waals surface area contributed by atoms with Crippen LogP contribution < -0.4 is 15.6 Å². The number of esters is 1. The molecule has 2 N–H and O–H groups in total. The van der Waals surface area contributed by atoms with E-state index in [-0.39, 0.29) is 24.5 Å². The third-order valence-electron chi connectivity index (χ3n) is 4.46. The van der Waals surface area contributed by atoms with Crippen LogP contribution in [0.25, 0.3) is 10.9 Å². The molecule has 8 nitrogen and oxygen atoms in total. The van der Waals surface area contributed by atoms with E-state index < -0.39 is 17.4 Å². The molecule has 150 valence electrons. The van der Waals surface area contributed by atoms with Crippen molar-refractivity contribution in [1.82, 2.24) is 9.88 Å². The van der Waals surface area contributed by atoms with Gasteiger partial charge in [0, 0.05) is 19.0 Å². The van der Waals surface area contributed by atoms with Crippen molar-refractivity contribution in [2.45, 2.75) is 6.54 Å². The van der Waals surface area contributed by atoms with Gasteiger partial charge in [-0.25, -0.2) is 4.79 Å². The van der Waals surface area contributed by atoms with Gasteiger partial charge in [0.05, 0.1) is 12.6 Å². The van der Waals surface area contributed by atoms with E-state index in [1.807, 2.05) is 0 Å². The summed E-state index contributed by atoms with van der Waals surface area (Å²) in [7, 11) is 2.83. The Morgan fingerprint density at radius 3 is 2.48 bits per heavy atom. The molecular weight excluding hydrogens is 376 g/mol. The molecule has 3 rings (SSSR count). The van der Waals surface area contributed by atoms with Gasteiger partial charge in [0.1, 0.15) is 17.1 Å². The van der Waals surface area contributed by atoms with E-state index in [1.54, 1.807) is 55.6 Å². The summed E-state index contributed by atoms with van der Waals surface area (Å²) in [4.78, 5) is 36.2. The molecule has 0 aliphatic carbocycles. The van der Waals surface area contributed by atoms with Crippen LogP contribution in [0.1, 0.15) is 15.9 Å². The highest BCUT2D eigenvalue weighted by molar-refractivity contribution is 6.02. The number of nitrogens with one attached hydrogen (secondary N) is 1. The molecule has 29 heavy (non-hydrogen) atoms. The minimum absolute atomic E-state index is 0.144. The van der Waals surface area contributed by atoms with Crippen LogP contribution in [0.4, 0.5) is 0 Å². The van der Waals surface area contributed by atoms with Crippen molar-refractivity contribution in [2.75, 3.05) is 13.7 Å². The number of carbonyl (C=O) groups excluding carboxylic acids is 2. The molecule has 0 radical (unpaired) electrons. The van der Waals surface area contributed by atoms with E-state index in [9.17, 15) is 19.5 Å². The van der Waals surface area contributed by atoms with Gasteiger partial charge >= 0.3 is 5.97 Å². The fourth-order valence-corrected chi connectivity index (χ4v) is 2.86. The Bertz CT molecular complexity index is 1120. The number of para-hydroxylation sites is 1. The molecule has 0 saturated carbocycles. The summed E-state index contributed by atoms with van der Waals surface area (Å²) >= 11 is 0. The van der Waals surface area contributed by atoms with Gasteiger partial charge in [0.2, 0.25) is 0 Å². The molecule has 0 spiro atoms. The number of amides is 1. The molecule has 0 bridgehead atoms. The molecular formula is C21H20N2O6. The van der Waals surface area contributed by atoms with Crippen LogP contribution in [0, 0.1) is 0 Å². The first-order valence-electron chi connectivity index (χ1n) is 8.79. The van der Waals surface area contributed by atoms with Gasteiger partial charge in [-0.2, -0.15) is 0 Å². The first kappa shape index (κ1) is 19.9. The van der Waals surface area contributed by atoms with Crippen LogP contribution in [0.2, 0.25) is 0 Å². The molecule has 1 amide bonds. The monoisotopic (exact) mass is 396 g/mol. The first-order chi connectivity index (χ1) is 13.9. The molecule has 1 aromatic heterocycles. The number of aryl methyl sites for hydroxylation is 1. The standard InChI is InChI=1S/C21H20N2O6/c1-23-16-6-4-3-5-15(16)19(25)18(21(23)27)20(26)22-11-13-7-9-14(10-8-13)29-12-17(24)28-2/h3-10,25H,11-12H2,1-2H3,(H,22,26). The Kier molecular flexibility index (Phi) is 5.82. The zero-order valence-corrected chi connectivity index (χ0v) is 16.0. The van der Waals surface area contributed by atoms with E-state index in [0.717, 1.165) is 5.56 Å². The average Bonchev–Trinajstić information content (AvgIpc) is 2.75. The number of pyridine rings is 1. The summed E-state index contributed by atoms with van der Waals surface area (Å²) in [5.41, 5.74) is 0.407. The van der Waals surface area contributed by atoms with Gasteiger partial charge in [-0.3, -0.25) is 9.59 Å². The molecule has 1 heterocycles. The lowest BCUT2D eigenvalue weighted by Crippen LogP contribution is -2.32. The summed E-state index contributed by atoms with van der Waals surface area (Å²) in [6, 6.07) is 13.5. The Hall–Kier alpha value is -3.81. The van der Waals surface area contributed by atoms with Crippen LogP contribution >= 0.6 is 0 Å². The number of nitrogens with zero attached hydrogens (tertiary/aromatic N) is 1. The number of aromatic hydroxyl groups is 1. The van der Waals surface area contributed by atoms with Crippen molar-refractivity contribution in [3.05, 3.63) is 70.0 Å². The fraction of sp³-hybridized carbons (Fsp3) is 0.190. The second-order valence-electron chi connectivity index (χ2n) is 6.30. The molecule has 3 aromatic rings. The maximum atomic E-state index is 12.6. The highest BCUT2D eigenvalue weighted by atomic mass is 16.6. The predicted molar refractivity (Wildman–Crippen MR) is 106 cm³/mol. The Morgan fingerprint density at radius 2 is 1.79 bits per heavy atom. The van der Waals surface area contributed by atoms with Crippen molar-refractivity contribution < 1.29 is 24.2 Å². The van der Waals surface area contributed by atoms with Gasteiger partial charge < -0.3 is 24.5 Å². The molecule has 0 aliphatic rings. The minimum Gasteiger partial charge on any atom is -0.506 e. The Labute approximate surface area is 166 Å². The maximum absolute atomic E-state index is 12.6. The number of hydrogen-bond donors (Lipinski definition) is 2. The number of benzene rings is 2. The molecule has 0 unspecified atom stereocenters. The predicted octanol–water partition coefficient (Wildman–Crippen LogP) is 1.73. The summed E-state index contributed by atoms with van der Waals surface area (Å²) in [5.74, 6) is -1.02. The largest absolute Gasteiger partial charge is 0.506 e. The quantitative estimate of drug-likeness (QED) is 0.615. The molecule has 0 aliphatic heterocycles. The average molecular weight is 396 g/mol. The lowest BCUT2D eigenvalue weighted by atomic mass is 10.1. The number of rotatable bonds is 6. The van der Waals surface area contributed by atoms with Crippen LogP contribution in [0.3, 0.4) is 0 Å². The van der Waals surface area contributed by atoms with Crippen molar-refractivity contribution >= 4 is 22.8 Å². The van der Waals surface area contributed by atoms with Crippen molar-refractivity contribution in [3.8, 4) is 11.5 Å². The van der Waals surface area contributed by atoms with Crippen LogP contribution in [0.15, 0.2) is 53.3 Å². The highest BCUT2D eigenvalue weighted by Crippen LogP contribution is 2.25. The zero-order chi connectivity index (χ0) is 21.0. The fourth-order valence-electron chi connectivity index (χ4n) is 2.86. The highest BCUT2D eigenvalue weighted by Gasteiger charge is 2.20. The van der Waals surface area contributed by atoms with Gasteiger partial charge in [-0.1, -0.05) is 24.3 Å². The summed E-state index contributed by atoms with van der Waals surface area (Å²) in [5, 5.41) is 13.5. The second-order valence-corrected chi connectivity index (χ2v) is 6.30.